The molecule has 0 aliphatic carbocycles. The average Bonchev–Trinajstić information content (AvgIpc) is 3.40. The highest BCUT2D eigenvalue weighted by atomic mass is 32.1. The number of fused-ring (bicyclic) bond motifs is 1. The van der Waals surface area contributed by atoms with Gasteiger partial charge in [0.1, 0.15) is 5.82 Å². The Morgan fingerprint density at radius 1 is 1.21 bits per heavy atom. The first kappa shape index (κ1) is 17.0. The lowest BCUT2D eigenvalue weighted by Gasteiger charge is -2.27. The van der Waals surface area contributed by atoms with Crippen LogP contribution < -0.4 is 5.56 Å². The number of aromatic nitrogens is 5. The van der Waals surface area contributed by atoms with Gasteiger partial charge in [-0.25, -0.2) is 4.98 Å². The highest BCUT2D eigenvalue weighted by Gasteiger charge is 2.23. The van der Waals surface area contributed by atoms with Crippen LogP contribution in [0.3, 0.4) is 0 Å². The minimum Gasteiger partial charge on any atom is -0.306 e. The molecule has 28 heavy (non-hydrogen) atoms. The molecule has 0 spiro atoms. The number of nitrogens with zero attached hydrogens (tertiary/aromatic N) is 4. The molecule has 0 saturated heterocycles. The van der Waals surface area contributed by atoms with Crippen LogP contribution in [0.5, 0.6) is 0 Å². The number of nitrogens with one attached hydrogen (secondary N) is 2. The predicted molar refractivity (Wildman–Crippen MR) is 108 cm³/mol. The average molecular weight is 390 g/mol. The molecule has 5 heterocycles. The Morgan fingerprint density at radius 3 is 3.00 bits per heavy atom. The van der Waals surface area contributed by atoms with Crippen LogP contribution in [-0.4, -0.2) is 36.6 Å². The van der Waals surface area contributed by atoms with E-state index in [0.717, 1.165) is 47.6 Å². The van der Waals surface area contributed by atoms with E-state index in [2.05, 4.69) is 36.5 Å². The molecule has 8 heteroatoms. The lowest BCUT2D eigenvalue weighted by molar-refractivity contribution is 0.242. The molecule has 1 aliphatic heterocycles. The van der Waals surface area contributed by atoms with Crippen molar-refractivity contribution >= 4 is 11.3 Å². The molecule has 140 valence electrons. The quantitative estimate of drug-likeness (QED) is 0.559. The first-order valence-electron chi connectivity index (χ1n) is 9.09. The Labute approximate surface area is 165 Å². The highest BCUT2D eigenvalue weighted by molar-refractivity contribution is 7.13. The first-order valence-corrected chi connectivity index (χ1v) is 9.97. The summed E-state index contributed by atoms with van der Waals surface area (Å²) in [5.74, 6) is 0.583. The van der Waals surface area contributed by atoms with Gasteiger partial charge in [0.05, 0.1) is 28.0 Å². The van der Waals surface area contributed by atoms with Gasteiger partial charge in [0, 0.05) is 49.6 Å². The van der Waals surface area contributed by atoms with Gasteiger partial charge in [0.15, 0.2) is 0 Å². The normalized spacial score (nSPS) is 14.1. The molecule has 0 bridgehead atoms. The number of H-pyrrole nitrogens is 2. The molecule has 0 fully saturated rings. The molecule has 2 N–H and O–H groups in total. The fraction of sp³-hybridized carbons (Fsp3) is 0.200. The second-order valence-electron chi connectivity index (χ2n) is 6.79. The van der Waals surface area contributed by atoms with Crippen molar-refractivity contribution in [1.29, 1.82) is 0 Å². The number of hydrogen-bond donors (Lipinski definition) is 2. The van der Waals surface area contributed by atoms with E-state index < -0.39 is 0 Å². The number of hydrogen-bond acceptors (Lipinski definition) is 6. The summed E-state index contributed by atoms with van der Waals surface area (Å²) in [5.41, 5.74) is 4.58. The fourth-order valence-electron chi connectivity index (χ4n) is 3.56. The van der Waals surface area contributed by atoms with E-state index >= 15 is 0 Å². The topological polar surface area (TPSA) is 90.6 Å². The van der Waals surface area contributed by atoms with Crippen molar-refractivity contribution in [1.82, 2.24) is 30.0 Å². The SMILES string of the molecule is O=c1[nH]c(-c2cccnc2)nc2c1CN(Cc1cn[nH]c1-c1cccs1)CC2. The Hall–Kier alpha value is -3.10. The van der Waals surface area contributed by atoms with Crippen molar-refractivity contribution in [3.05, 3.63) is 75.4 Å². The van der Waals surface area contributed by atoms with Gasteiger partial charge < -0.3 is 4.98 Å². The van der Waals surface area contributed by atoms with Crippen LogP contribution in [-0.2, 0) is 19.5 Å². The van der Waals surface area contributed by atoms with Crippen LogP contribution in [0.15, 0.2) is 53.0 Å². The molecule has 7 nitrogen and oxygen atoms in total. The summed E-state index contributed by atoms with van der Waals surface area (Å²) in [7, 11) is 0. The molecule has 0 radical (unpaired) electrons. The zero-order chi connectivity index (χ0) is 18.9. The maximum atomic E-state index is 12.7. The number of aromatic amines is 2. The molecule has 0 unspecified atom stereocenters. The summed E-state index contributed by atoms with van der Waals surface area (Å²) < 4.78 is 0. The smallest absolute Gasteiger partial charge is 0.255 e. The van der Waals surface area contributed by atoms with E-state index in [1.54, 1.807) is 23.7 Å². The molecule has 1 aliphatic rings. The minimum absolute atomic E-state index is 0.0702. The van der Waals surface area contributed by atoms with Crippen molar-refractivity contribution < 1.29 is 0 Å². The zero-order valence-electron chi connectivity index (χ0n) is 15.1. The van der Waals surface area contributed by atoms with Gasteiger partial charge in [-0.15, -0.1) is 11.3 Å². The molecule has 0 amide bonds. The van der Waals surface area contributed by atoms with Gasteiger partial charge in [-0.3, -0.25) is 19.8 Å². The van der Waals surface area contributed by atoms with Gasteiger partial charge in [0.25, 0.3) is 5.56 Å². The summed E-state index contributed by atoms with van der Waals surface area (Å²) in [6.45, 7) is 2.18. The molecule has 5 rings (SSSR count). The van der Waals surface area contributed by atoms with E-state index in [4.69, 9.17) is 4.98 Å². The van der Waals surface area contributed by atoms with Crippen molar-refractivity contribution in [2.24, 2.45) is 0 Å². The lowest BCUT2D eigenvalue weighted by atomic mass is 10.1. The molecule has 0 atom stereocenters. The number of thiophene rings is 1. The summed E-state index contributed by atoms with van der Waals surface area (Å²) in [4.78, 5) is 27.9. The van der Waals surface area contributed by atoms with Crippen molar-refractivity contribution in [3.63, 3.8) is 0 Å². The van der Waals surface area contributed by atoms with Gasteiger partial charge in [0.2, 0.25) is 0 Å². The zero-order valence-corrected chi connectivity index (χ0v) is 15.9. The van der Waals surface area contributed by atoms with Crippen molar-refractivity contribution in [3.8, 4) is 22.0 Å². The van der Waals surface area contributed by atoms with Crippen LogP contribution in [0.2, 0.25) is 0 Å². The third kappa shape index (κ3) is 3.17. The van der Waals surface area contributed by atoms with Gasteiger partial charge in [-0.2, -0.15) is 5.10 Å². The summed E-state index contributed by atoms with van der Waals surface area (Å²) in [6, 6.07) is 7.86. The maximum absolute atomic E-state index is 12.7. The molecule has 0 saturated carbocycles. The minimum atomic E-state index is -0.0702. The number of pyridine rings is 1. The van der Waals surface area contributed by atoms with Gasteiger partial charge in [-0.05, 0) is 23.6 Å². The monoisotopic (exact) mass is 390 g/mol. The van der Waals surface area contributed by atoms with Crippen LogP contribution in [0.1, 0.15) is 16.8 Å². The molecular formula is C20H18N6OS. The van der Waals surface area contributed by atoms with Crippen molar-refractivity contribution in [2.45, 2.75) is 19.5 Å². The third-order valence-corrected chi connectivity index (χ3v) is 5.85. The molecule has 4 aromatic heterocycles. The Bertz CT molecular complexity index is 1150. The number of rotatable bonds is 4. The molecule has 4 aromatic rings. The van der Waals surface area contributed by atoms with Crippen LogP contribution in [0.4, 0.5) is 0 Å². The predicted octanol–water partition coefficient (Wildman–Crippen LogP) is 2.84. The Morgan fingerprint density at radius 2 is 2.18 bits per heavy atom. The summed E-state index contributed by atoms with van der Waals surface area (Å²) in [6.07, 6.45) is 6.04. The van der Waals surface area contributed by atoms with Gasteiger partial charge >= 0.3 is 0 Å². The Kier molecular flexibility index (Phi) is 4.34. The summed E-state index contributed by atoms with van der Waals surface area (Å²) >= 11 is 1.69. The lowest BCUT2D eigenvalue weighted by Crippen LogP contribution is -2.35. The van der Waals surface area contributed by atoms with Crippen LogP contribution in [0.25, 0.3) is 22.0 Å². The highest BCUT2D eigenvalue weighted by Crippen LogP contribution is 2.27. The third-order valence-electron chi connectivity index (χ3n) is 4.96. The fourth-order valence-corrected chi connectivity index (χ4v) is 4.32. The molecule has 0 aromatic carbocycles. The van der Waals surface area contributed by atoms with Crippen LogP contribution in [0, 0.1) is 0 Å². The summed E-state index contributed by atoms with van der Waals surface area (Å²) in [5, 5.41) is 9.38. The maximum Gasteiger partial charge on any atom is 0.255 e. The van der Waals surface area contributed by atoms with Gasteiger partial charge in [-0.1, -0.05) is 6.07 Å². The first-order chi connectivity index (χ1) is 13.8. The standard InChI is InChI=1S/C20H18N6OS/c27-20-15-12-26(11-14-10-22-25-18(14)17-4-2-8-28-17)7-5-16(15)23-19(24-20)13-3-1-6-21-9-13/h1-4,6,8-10H,5,7,11-12H2,(H,22,25)(H,23,24,27). The molecular weight excluding hydrogens is 372 g/mol. The Balaban J connectivity index is 1.39. The van der Waals surface area contributed by atoms with E-state index in [1.165, 1.54) is 4.88 Å². The largest absolute Gasteiger partial charge is 0.306 e. The second kappa shape index (κ2) is 7.14. The van der Waals surface area contributed by atoms with E-state index in [1.807, 2.05) is 24.4 Å². The van der Waals surface area contributed by atoms with Crippen molar-refractivity contribution in [2.75, 3.05) is 6.54 Å². The second-order valence-corrected chi connectivity index (χ2v) is 7.74. The van der Waals surface area contributed by atoms with E-state index in [0.29, 0.717) is 12.4 Å². The van der Waals surface area contributed by atoms with E-state index in [-0.39, 0.29) is 5.56 Å². The van der Waals surface area contributed by atoms with E-state index in [9.17, 15) is 4.79 Å². The van der Waals surface area contributed by atoms with Crippen LogP contribution >= 0.6 is 11.3 Å².